The minimum atomic E-state index is -4.51. The lowest BCUT2D eigenvalue weighted by molar-refractivity contribution is -0.140. The number of nitrogens with zero attached hydrogens (tertiary/aromatic N) is 3. The minimum Gasteiger partial charge on any atom is -0.342 e. The van der Waals surface area contributed by atoms with Crippen LogP contribution in [0.15, 0.2) is 42.7 Å². The number of carbonyl (C=O) groups is 1. The number of rotatable bonds is 5. The highest BCUT2D eigenvalue weighted by Crippen LogP contribution is 2.28. The fourth-order valence-corrected chi connectivity index (χ4v) is 2.69. The first kappa shape index (κ1) is 18.7. The largest absolute Gasteiger partial charge is 0.432 e. The summed E-state index contributed by atoms with van der Waals surface area (Å²) in [4.78, 5) is 18.5. The molecule has 3 rings (SSSR count). The number of benzene rings is 1. The van der Waals surface area contributed by atoms with Gasteiger partial charge in [0.25, 0.3) is 5.91 Å². The lowest BCUT2D eigenvalue weighted by Crippen LogP contribution is -2.28. The predicted octanol–water partition coefficient (Wildman–Crippen LogP) is 3.24. The van der Waals surface area contributed by atoms with Gasteiger partial charge in [0.15, 0.2) is 0 Å². The molecule has 2 N–H and O–H groups in total. The Labute approximate surface area is 153 Å². The molecule has 1 aromatic carbocycles. The third-order valence-corrected chi connectivity index (χ3v) is 4.18. The van der Waals surface area contributed by atoms with Crippen molar-refractivity contribution in [2.75, 3.05) is 0 Å². The number of amides is 1. The van der Waals surface area contributed by atoms with Gasteiger partial charge in [0.05, 0.1) is 29.7 Å². The smallest absolute Gasteiger partial charge is 0.342 e. The fourth-order valence-electron chi connectivity index (χ4n) is 2.69. The maximum Gasteiger partial charge on any atom is 0.432 e. The molecule has 0 saturated carbocycles. The van der Waals surface area contributed by atoms with Gasteiger partial charge in [0, 0.05) is 13.5 Å². The molecule has 0 aliphatic heterocycles. The molecule has 27 heavy (non-hydrogen) atoms. The van der Waals surface area contributed by atoms with Gasteiger partial charge in [-0.25, -0.2) is 4.98 Å². The van der Waals surface area contributed by atoms with Gasteiger partial charge in [-0.2, -0.15) is 18.3 Å². The first-order valence-corrected chi connectivity index (χ1v) is 8.23. The van der Waals surface area contributed by atoms with E-state index in [2.05, 4.69) is 20.4 Å². The maximum absolute atomic E-state index is 12.7. The molecule has 6 nitrogen and oxygen atoms in total. The van der Waals surface area contributed by atoms with E-state index in [4.69, 9.17) is 0 Å². The first-order chi connectivity index (χ1) is 12.8. The van der Waals surface area contributed by atoms with Crippen LogP contribution in [0, 0.1) is 0 Å². The van der Waals surface area contributed by atoms with Gasteiger partial charge in [0.2, 0.25) is 0 Å². The third-order valence-electron chi connectivity index (χ3n) is 4.18. The van der Waals surface area contributed by atoms with Crippen molar-refractivity contribution in [1.29, 1.82) is 0 Å². The molecule has 1 unspecified atom stereocenters. The quantitative estimate of drug-likeness (QED) is 0.717. The van der Waals surface area contributed by atoms with E-state index < -0.39 is 23.8 Å². The number of aromatic amines is 1. The summed E-state index contributed by atoms with van der Waals surface area (Å²) >= 11 is 0. The summed E-state index contributed by atoms with van der Waals surface area (Å²) in [7, 11) is 1.74. The SMILES string of the molecule is CC(NC(=O)c1cnn(C)c1Cc1ccccc1)c1ncc(C(F)(F)F)[nH]1. The number of nitrogens with one attached hydrogen (secondary N) is 2. The Morgan fingerprint density at radius 1 is 1.26 bits per heavy atom. The second-order valence-electron chi connectivity index (χ2n) is 6.17. The summed E-state index contributed by atoms with van der Waals surface area (Å²) in [5.41, 5.74) is 1.14. The normalized spacial score (nSPS) is 12.8. The molecule has 0 spiro atoms. The first-order valence-electron chi connectivity index (χ1n) is 8.23. The van der Waals surface area contributed by atoms with Gasteiger partial charge in [-0.05, 0) is 12.5 Å². The van der Waals surface area contributed by atoms with Gasteiger partial charge < -0.3 is 10.3 Å². The monoisotopic (exact) mass is 377 g/mol. The van der Waals surface area contributed by atoms with E-state index in [1.165, 1.54) is 6.20 Å². The van der Waals surface area contributed by atoms with Crippen molar-refractivity contribution in [1.82, 2.24) is 25.1 Å². The van der Waals surface area contributed by atoms with Crippen LogP contribution in [-0.2, 0) is 19.6 Å². The Bertz CT molecular complexity index is 930. The highest BCUT2D eigenvalue weighted by Gasteiger charge is 2.33. The molecule has 0 bridgehead atoms. The van der Waals surface area contributed by atoms with Crippen LogP contribution in [0.3, 0.4) is 0 Å². The maximum atomic E-state index is 12.7. The molecule has 0 fully saturated rings. The summed E-state index contributed by atoms with van der Waals surface area (Å²) in [6.45, 7) is 1.56. The molecular weight excluding hydrogens is 359 g/mol. The highest BCUT2D eigenvalue weighted by molar-refractivity contribution is 5.95. The second kappa shape index (κ2) is 7.26. The molecule has 142 valence electrons. The summed E-state index contributed by atoms with van der Waals surface area (Å²) in [6.07, 6.45) is -1.85. The van der Waals surface area contributed by atoms with E-state index in [9.17, 15) is 18.0 Å². The van der Waals surface area contributed by atoms with Crippen LogP contribution in [0.4, 0.5) is 13.2 Å². The Morgan fingerprint density at radius 2 is 1.96 bits per heavy atom. The lowest BCUT2D eigenvalue weighted by Gasteiger charge is -2.12. The Hall–Kier alpha value is -3.10. The van der Waals surface area contributed by atoms with Gasteiger partial charge in [-0.3, -0.25) is 9.48 Å². The summed E-state index contributed by atoms with van der Waals surface area (Å²) in [6, 6.07) is 8.88. The van der Waals surface area contributed by atoms with Gasteiger partial charge in [-0.15, -0.1) is 0 Å². The number of carbonyl (C=O) groups excluding carboxylic acids is 1. The van der Waals surface area contributed by atoms with E-state index in [0.29, 0.717) is 23.9 Å². The summed E-state index contributed by atoms with van der Waals surface area (Å²) in [5, 5.41) is 6.80. The number of aryl methyl sites for hydroxylation is 1. The zero-order chi connectivity index (χ0) is 19.6. The van der Waals surface area contributed by atoms with E-state index in [-0.39, 0.29) is 5.82 Å². The van der Waals surface area contributed by atoms with Crippen molar-refractivity contribution in [3.8, 4) is 0 Å². The van der Waals surface area contributed by atoms with Crippen molar-refractivity contribution >= 4 is 5.91 Å². The lowest BCUT2D eigenvalue weighted by atomic mass is 10.1. The molecule has 0 radical (unpaired) electrons. The molecule has 0 saturated heterocycles. The van der Waals surface area contributed by atoms with Crippen LogP contribution < -0.4 is 5.32 Å². The van der Waals surface area contributed by atoms with Crippen molar-refractivity contribution in [3.63, 3.8) is 0 Å². The van der Waals surface area contributed by atoms with Crippen molar-refractivity contribution in [2.24, 2.45) is 7.05 Å². The topological polar surface area (TPSA) is 75.6 Å². The number of aromatic nitrogens is 4. The summed E-state index contributed by atoms with van der Waals surface area (Å²) in [5.74, 6) is -0.393. The zero-order valence-electron chi connectivity index (χ0n) is 14.7. The molecule has 2 aromatic heterocycles. The molecule has 0 aliphatic rings. The second-order valence-corrected chi connectivity index (χ2v) is 6.17. The molecule has 2 heterocycles. The van der Waals surface area contributed by atoms with Crippen LogP contribution in [0.5, 0.6) is 0 Å². The van der Waals surface area contributed by atoms with E-state index in [1.54, 1.807) is 18.7 Å². The zero-order valence-corrected chi connectivity index (χ0v) is 14.7. The standard InChI is InChI=1S/C18H18F3N5O/c1-11(16-22-10-15(25-16)18(19,20)21)24-17(27)13-9-23-26(2)14(13)8-12-6-4-3-5-7-12/h3-7,9-11H,8H2,1-2H3,(H,22,25)(H,24,27). The van der Waals surface area contributed by atoms with Crippen molar-refractivity contribution < 1.29 is 18.0 Å². The number of imidazole rings is 1. The van der Waals surface area contributed by atoms with Gasteiger partial charge in [0.1, 0.15) is 11.5 Å². The molecule has 1 atom stereocenters. The number of hydrogen-bond donors (Lipinski definition) is 2. The van der Waals surface area contributed by atoms with E-state index >= 15 is 0 Å². The van der Waals surface area contributed by atoms with Crippen molar-refractivity contribution in [2.45, 2.75) is 25.6 Å². The van der Waals surface area contributed by atoms with Gasteiger partial charge >= 0.3 is 6.18 Å². The van der Waals surface area contributed by atoms with E-state index in [1.807, 2.05) is 30.3 Å². The summed E-state index contributed by atoms with van der Waals surface area (Å²) < 4.78 is 39.7. The average molecular weight is 377 g/mol. The van der Waals surface area contributed by atoms with Crippen LogP contribution >= 0.6 is 0 Å². The van der Waals surface area contributed by atoms with Crippen LogP contribution in [0.2, 0.25) is 0 Å². The van der Waals surface area contributed by atoms with Crippen LogP contribution in [-0.4, -0.2) is 25.7 Å². The number of H-pyrrole nitrogens is 1. The van der Waals surface area contributed by atoms with Crippen LogP contribution in [0.1, 0.15) is 46.1 Å². The number of hydrogen-bond acceptors (Lipinski definition) is 3. The Morgan fingerprint density at radius 3 is 2.59 bits per heavy atom. The van der Waals surface area contributed by atoms with Gasteiger partial charge in [-0.1, -0.05) is 30.3 Å². The molecule has 0 aliphatic carbocycles. The van der Waals surface area contributed by atoms with Crippen molar-refractivity contribution in [3.05, 3.63) is 71.1 Å². The van der Waals surface area contributed by atoms with E-state index in [0.717, 1.165) is 5.56 Å². The molecule has 9 heteroatoms. The third kappa shape index (κ3) is 4.18. The molecule has 3 aromatic rings. The Kier molecular flexibility index (Phi) is 5.02. The minimum absolute atomic E-state index is 0.0316. The average Bonchev–Trinajstić information content (AvgIpc) is 3.24. The number of alkyl halides is 3. The molecular formula is C18H18F3N5O. The molecule has 1 amide bonds. The highest BCUT2D eigenvalue weighted by atomic mass is 19.4. The number of halogens is 3. The Balaban J connectivity index is 1.76. The fraction of sp³-hybridized carbons (Fsp3) is 0.278. The predicted molar refractivity (Wildman–Crippen MR) is 91.9 cm³/mol. The van der Waals surface area contributed by atoms with Crippen LogP contribution in [0.25, 0.3) is 0 Å².